The zero-order chi connectivity index (χ0) is 21.0. The van der Waals surface area contributed by atoms with Gasteiger partial charge in [-0.3, -0.25) is 4.79 Å². The van der Waals surface area contributed by atoms with Crippen molar-refractivity contribution in [1.29, 1.82) is 0 Å². The molecule has 1 saturated heterocycles. The van der Waals surface area contributed by atoms with Gasteiger partial charge in [-0.25, -0.2) is 8.42 Å². The van der Waals surface area contributed by atoms with Crippen LogP contribution in [0.25, 0.3) is 0 Å². The molecule has 2 aromatic rings. The molecule has 1 aliphatic heterocycles. The van der Waals surface area contributed by atoms with Crippen LogP contribution < -0.4 is 5.32 Å². The molecule has 0 bridgehead atoms. The predicted octanol–water partition coefficient (Wildman–Crippen LogP) is 4.61. The minimum absolute atomic E-state index is 0.107. The lowest BCUT2D eigenvalue weighted by Gasteiger charge is -2.31. The Morgan fingerprint density at radius 2 is 1.76 bits per heavy atom. The van der Waals surface area contributed by atoms with E-state index in [1.807, 2.05) is 12.1 Å². The molecule has 2 aromatic carbocycles. The van der Waals surface area contributed by atoms with Gasteiger partial charge in [0.1, 0.15) is 0 Å². The van der Waals surface area contributed by atoms with Crippen LogP contribution in [0.4, 0.5) is 5.69 Å². The number of rotatable bonds is 6. The summed E-state index contributed by atoms with van der Waals surface area (Å²) in [6, 6.07) is 12.5. The second-order valence-electron chi connectivity index (χ2n) is 7.31. The average molecular weight is 479 g/mol. The van der Waals surface area contributed by atoms with Gasteiger partial charge in [0.05, 0.1) is 10.8 Å². The second-order valence-corrected chi connectivity index (χ2v) is 10.2. The Labute approximate surface area is 181 Å². The van der Waals surface area contributed by atoms with Gasteiger partial charge in [-0.05, 0) is 61.1 Å². The molecule has 5 nitrogen and oxygen atoms in total. The van der Waals surface area contributed by atoms with Crippen LogP contribution in [-0.2, 0) is 27.7 Å². The van der Waals surface area contributed by atoms with E-state index in [2.05, 4.69) is 35.1 Å². The summed E-state index contributed by atoms with van der Waals surface area (Å²) >= 11 is 3.54. The minimum Gasteiger partial charge on any atom is -0.325 e. The molecule has 0 aromatic heterocycles. The van der Waals surface area contributed by atoms with Crippen LogP contribution in [0.2, 0.25) is 0 Å². The highest BCUT2D eigenvalue weighted by Gasteiger charge is 2.33. The number of halogens is 1. The lowest BCUT2D eigenvalue weighted by atomic mass is 9.97. The third kappa shape index (κ3) is 4.90. The Bertz CT molecular complexity index is 952. The normalized spacial score (nSPS) is 17.8. The van der Waals surface area contributed by atoms with Crippen LogP contribution in [-0.4, -0.2) is 31.7 Å². The summed E-state index contributed by atoms with van der Waals surface area (Å²) in [7, 11) is -3.59. The zero-order valence-corrected chi connectivity index (χ0v) is 19.2. The first-order valence-corrected chi connectivity index (χ1v) is 12.3. The molecular formula is C22H27BrN2O3S. The summed E-state index contributed by atoms with van der Waals surface area (Å²) in [6.45, 7) is 4.78. The summed E-state index contributed by atoms with van der Waals surface area (Å²) in [5.41, 5.74) is 3.02. The zero-order valence-electron chi connectivity index (χ0n) is 16.8. The monoisotopic (exact) mass is 478 g/mol. The van der Waals surface area contributed by atoms with Gasteiger partial charge in [-0.1, -0.05) is 48.0 Å². The summed E-state index contributed by atoms with van der Waals surface area (Å²) in [6.07, 6.45) is 2.97. The molecule has 1 atom stereocenters. The second kappa shape index (κ2) is 9.41. The molecule has 156 valence electrons. The summed E-state index contributed by atoms with van der Waals surface area (Å²) in [5, 5.41) is 3.11. The molecule has 0 saturated carbocycles. The smallest absolute Gasteiger partial charge is 0.243 e. The Kier molecular flexibility index (Phi) is 7.14. The van der Waals surface area contributed by atoms with Crippen LogP contribution in [0, 0.1) is 5.92 Å². The first-order valence-electron chi connectivity index (χ1n) is 10.0. The summed E-state index contributed by atoms with van der Waals surface area (Å²) in [4.78, 5) is 13.3. The summed E-state index contributed by atoms with van der Waals surface area (Å²) < 4.78 is 28.3. The number of aryl methyl sites for hydroxylation is 2. The van der Waals surface area contributed by atoms with Gasteiger partial charge in [0, 0.05) is 23.2 Å². The molecule has 0 radical (unpaired) electrons. The molecule has 0 spiro atoms. The largest absolute Gasteiger partial charge is 0.325 e. The van der Waals surface area contributed by atoms with E-state index in [0.717, 1.165) is 34.1 Å². The fraction of sp³-hybridized carbons (Fsp3) is 0.409. The first-order chi connectivity index (χ1) is 13.9. The molecule has 29 heavy (non-hydrogen) atoms. The number of benzene rings is 2. The SMILES string of the molecule is CCc1cc(Br)cc(CC)c1NC(=O)[C@@H]1CCCN(S(=O)(=O)c2ccccc2)C1. The molecule has 0 unspecified atom stereocenters. The van der Waals surface area contributed by atoms with Gasteiger partial charge >= 0.3 is 0 Å². The Hall–Kier alpha value is -1.70. The van der Waals surface area contributed by atoms with E-state index in [0.29, 0.717) is 19.4 Å². The van der Waals surface area contributed by atoms with E-state index in [-0.39, 0.29) is 23.3 Å². The Morgan fingerprint density at radius 3 is 2.34 bits per heavy atom. The maximum Gasteiger partial charge on any atom is 0.243 e. The number of carbonyl (C=O) groups excluding carboxylic acids is 1. The fourth-order valence-corrected chi connectivity index (χ4v) is 5.88. The maximum atomic E-state index is 13.1. The van der Waals surface area contributed by atoms with Gasteiger partial charge in [-0.15, -0.1) is 0 Å². The highest BCUT2D eigenvalue weighted by atomic mass is 79.9. The van der Waals surface area contributed by atoms with Crippen LogP contribution in [0.15, 0.2) is 51.8 Å². The maximum absolute atomic E-state index is 13.1. The lowest BCUT2D eigenvalue weighted by molar-refractivity contribution is -0.120. The van der Waals surface area contributed by atoms with Crippen LogP contribution in [0.3, 0.4) is 0 Å². The molecule has 7 heteroatoms. The summed E-state index contributed by atoms with van der Waals surface area (Å²) in [5.74, 6) is -0.468. The van der Waals surface area contributed by atoms with Gasteiger partial charge in [0.2, 0.25) is 15.9 Å². The number of anilines is 1. The molecule has 1 amide bonds. The van der Waals surface area contributed by atoms with Gasteiger partial charge in [0.15, 0.2) is 0 Å². The standard InChI is InChI=1S/C22H27BrN2O3S/c1-3-16-13-19(23)14-17(4-2)21(16)24-22(26)18-9-8-12-25(15-18)29(27,28)20-10-6-5-7-11-20/h5-7,10-11,13-14,18H,3-4,8-9,12,15H2,1-2H3,(H,24,26)/t18-/m1/s1. The van der Waals surface area contributed by atoms with E-state index in [9.17, 15) is 13.2 Å². The number of hydrogen-bond donors (Lipinski definition) is 1. The van der Waals surface area contributed by atoms with Crippen molar-refractivity contribution < 1.29 is 13.2 Å². The van der Waals surface area contributed by atoms with Gasteiger partial charge in [0.25, 0.3) is 0 Å². The molecule has 1 aliphatic rings. The minimum atomic E-state index is -3.59. The third-order valence-corrected chi connectivity index (χ3v) is 7.75. The number of piperidine rings is 1. The number of amides is 1. The average Bonchev–Trinajstić information content (AvgIpc) is 2.75. The number of nitrogens with zero attached hydrogens (tertiary/aromatic N) is 1. The quantitative estimate of drug-likeness (QED) is 0.658. The van der Waals surface area contributed by atoms with Crippen molar-refractivity contribution in [1.82, 2.24) is 4.31 Å². The van der Waals surface area contributed by atoms with Crippen molar-refractivity contribution in [2.45, 2.75) is 44.4 Å². The molecule has 0 aliphatic carbocycles. The Morgan fingerprint density at radius 1 is 1.14 bits per heavy atom. The highest BCUT2D eigenvalue weighted by Crippen LogP contribution is 2.30. The molecular weight excluding hydrogens is 452 g/mol. The Balaban J connectivity index is 1.79. The van der Waals surface area contributed by atoms with Crippen LogP contribution in [0.5, 0.6) is 0 Å². The number of nitrogens with one attached hydrogen (secondary N) is 1. The number of carbonyl (C=O) groups is 1. The third-order valence-electron chi connectivity index (χ3n) is 5.41. The number of sulfonamides is 1. The van der Waals surface area contributed by atoms with Crippen molar-refractivity contribution in [3.05, 3.63) is 58.1 Å². The van der Waals surface area contributed by atoms with E-state index in [4.69, 9.17) is 0 Å². The van der Waals surface area contributed by atoms with Crippen molar-refractivity contribution in [2.75, 3.05) is 18.4 Å². The van der Waals surface area contributed by atoms with Gasteiger partial charge in [-0.2, -0.15) is 4.31 Å². The molecule has 1 N–H and O–H groups in total. The van der Waals surface area contributed by atoms with Crippen molar-refractivity contribution in [3.63, 3.8) is 0 Å². The molecule has 1 heterocycles. The van der Waals surface area contributed by atoms with E-state index in [1.165, 1.54) is 4.31 Å². The highest BCUT2D eigenvalue weighted by molar-refractivity contribution is 9.10. The predicted molar refractivity (Wildman–Crippen MR) is 119 cm³/mol. The topological polar surface area (TPSA) is 66.5 Å². The van der Waals surface area contributed by atoms with E-state index in [1.54, 1.807) is 30.3 Å². The van der Waals surface area contributed by atoms with Gasteiger partial charge < -0.3 is 5.32 Å². The molecule has 3 rings (SSSR count). The van der Waals surface area contributed by atoms with Crippen molar-refractivity contribution in [2.24, 2.45) is 5.92 Å². The van der Waals surface area contributed by atoms with Crippen LogP contribution >= 0.6 is 15.9 Å². The van der Waals surface area contributed by atoms with E-state index < -0.39 is 10.0 Å². The number of hydrogen-bond acceptors (Lipinski definition) is 3. The van der Waals surface area contributed by atoms with Crippen molar-refractivity contribution in [3.8, 4) is 0 Å². The molecule has 1 fully saturated rings. The lowest BCUT2D eigenvalue weighted by Crippen LogP contribution is -2.43. The van der Waals surface area contributed by atoms with Crippen LogP contribution in [0.1, 0.15) is 37.8 Å². The fourth-order valence-electron chi connectivity index (χ4n) is 3.78. The van der Waals surface area contributed by atoms with E-state index >= 15 is 0 Å². The first kappa shape index (κ1) is 22.0. The van der Waals surface area contributed by atoms with Crippen molar-refractivity contribution >= 4 is 37.5 Å².